The van der Waals surface area contributed by atoms with Gasteiger partial charge in [-0.3, -0.25) is 9.89 Å². The Balaban J connectivity index is 2.53. The molecule has 0 bridgehead atoms. The first-order valence-electron chi connectivity index (χ1n) is 4.51. The Labute approximate surface area is 85.4 Å². The van der Waals surface area contributed by atoms with Crippen LogP contribution in [0.5, 0.6) is 0 Å². The van der Waals surface area contributed by atoms with Crippen molar-refractivity contribution in [2.45, 2.75) is 13.6 Å². The summed E-state index contributed by atoms with van der Waals surface area (Å²) in [6.45, 7) is 1.14. The third-order valence-electron chi connectivity index (χ3n) is 2.01. The van der Waals surface area contributed by atoms with E-state index < -0.39 is 6.67 Å². The molecule has 0 radical (unpaired) electrons. The van der Waals surface area contributed by atoms with E-state index in [0.29, 0.717) is 11.5 Å². The largest absolute Gasteiger partial charge is 0.294 e. The predicted octanol–water partition coefficient (Wildman–Crippen LogP) is 1.34. The molecule has 78 valence electrons. The van der Waals surface area contributed by atoms with Crippen molar-refractivity contribution in [2.75, 3.05) is 0 Å². The number of aryl methyl sites for hydroxylation is 1. The average Bonchev–Trinajstić information content (AvgIpc) is 2.58. The summed E-state index contributed by atoms with van der Waals surface area (Å²) in [5.74, 6) is 0.406. The highest BCUT2D eigenvalue weighted by Gasteiger charge is 2.04. The molecule has 0 amide bonds. The Hall–Kier alpha value is -1.91. The number of aromatic amines is 1. The number of nitrogens with one attached hydrogen (secondary N) is 1. The minimum Gasteiger partial charge on any atom is -0.294 e. The normalized spacial score (nSPS) is 10.5. The lowest BCUT2D eigenvalue weighted by Crippen LogP contribution is -2.15. The average molecular weight is 207 g/mol. The maximum Gasteiger partial charge on any atom is 0.272 e. The van der Waals surface area contributed by atoms with Crippen LogP contribution in [0.15, 0.2) is 29.1 Å². The highest BCUT2D eigenvalue weighted by atomic mass is 19.1. The second-order valence-corrected chi connectivity index (χ2v) is 3.23. The molecule has 0 saturated heterocycles. The lowest BCUT2D eigenvalue weighted by atomic mass is 10.3. The summed E-state index contributed by atoms with van der Waals surface area (Å²) in [6.07, 6.45) is 0. The fraction of sp³-hybridized carbons (Fsp3) is 0.200. The molecule has 0 atom stereocenters. The van der Waals surface area contributed by atoms with E-state index in [1.165, 1.54) is 10.7 Å². The molecule has 0 saturated carbocycles. The Kier molecular flexibility index (Phi) is 2.37. The van der Waals surface area contributed by atoms with Gasteiger partial charge in [-0.05, 0) is 19.1 Å². The Bertz CT molecular complexity index is 529. The number of rotatable bonds is 2. The molecule has 2 rings (SSSR count). The molecule has 15 heavy (non-hydrogen) atoms. The van der Waals surface area contributed by atoms with Gasteiger partial charge in [-0.1, -0.05) is 6.07 Å². The van der Waals surface area contributed by atoms with Crippen molar-refractivity contribution in [1.82, 2.24) is 14.8 Å². The first kappa shape index (κ1) is 9.64. The molecule has 0 aliphatic carbocycles. The number of aromatic nitrogens is 3. The molecule has 0 aliphatic heterocycles. The fourth-order valence-corrected chi connectivity index (χ4v) is 1.35. The maximum atomic E-state index is 12.4. The molecule has 2 heterocycles. The van der Waals surface area contributed by atoms with Crippen LogP contribution >= 0.6 is 0 Å². The molecule has 0 unspecified atom stereocenters. The zero-order chi connectivity index (χ0) is 10.8. The molecular formula is C10H10FN3O. The first-order valence-corrected chi connectivity index (χ1v) is 4.51. The van der Waals surface area contributed by atoms with E-state index in [9.17, 15) is 9.18 Å². The van der Waals surface area contributed by atoms with E-state index in [0.717, 1.165) is 5.69 Å². The van der Waals surface area contributed by atoms with E-state index in [2.05, 4.69) is 10.1 Å². The van der Waals surface area contributed by atoms with Gasteiger partial charge in [0.15, 0.2) is 5.82 Å². The molecule has 4 nitrogen and oxygen atoms in total. The van der Waals surface area contributed by atoms with Gasteiger partial charge in [0.25, 0.3) is 5.56 Å². The van der Waals surface area contributed by atoms with Gasteiger partial charge in [-0.25, -0.2) is 14.1 Å². The van der Waals surface area contributed by atoms with Gasteiger partial charge >= 0.3 is 0 Å². The van der Waals surface area contributed by atoms with Crippen molar-refractivity contribution >= 4 is 0 Å². The van der Waals surface area contributed by atoms with E-state index in [1.807, 2.05) is 0 Å². The van der Waals surface area contributed by atoms with Crippen LogP contribution in [-0.2, 0) is 6.67 Å². The van der Waals surface area contributed by atoms with Crippen LogP contribution in [0.4, 0.5) is 4.39 Å². The van der Waals surface area contributed by atoms with Crippen LogP contribution in [0.3, 0.4) is 0 Å². The van der Waals surface area contributed by atoms with Gasteiger partial charge < -0.3 is 0 Å². The van der Waals surface area contributed by atoms with Crippen LogP contribution in [0.25, 0.3) is 5.82 Å². The van der Waals surface area contributed by atoms with Crippen molar-refractivity contribution in [3.8, 4) is 5.82 Å². The molecule has 0 spiro atoms. The third kappa shape index (κ3) is 1.81. The number of alkyl halides is 1. The Morgan fingerprint density at radius 3 is 2.93 bits per heavy atom. The summed E-state index contributed by atoms with van der Waals surface area (Å²) >= 11 is 0. The zero-order valence-electron chi connectivity index (χ0n) is 8.20. The van der Waals surface area contributed by atoms with Gasteiger partial charge in [0.05, 0.1) is 5.69 Å². The quantitative estimate of drug-likeness (QED) is 0.807. The van der Waals surface area contributed by atoms with Crippen LogP contribution < -0.4 is 5.56 Å². The fourth-order valence-electron chi connectivity index (χ4n) is 1.35. The van der Waals surface area contributed by atoms with Crippen molar-refractivity contribution in [2.24, 2.45) is 0 Å². The lowest BCUT2D eigenvalue weighted by Gasteiger charge is -2.01. The number of halogens is 1. The molecule has 5 heteroatoms. The smallest absolute Gasteiger partial charge is 0.272 e. The number of pyridine rings is 1. The number of hydrogen-bond acceptors (Lipinski definition) is 2. The molecular weight excluding hydrogens is 197 g/mol. The number of hydrogen-bond donors (Lipinski definition) is 1. The highest BCUT2D eigenvalue weighted by Crippen LogP contribution is 2.04. The monoisotopic (exact) mass is 207 g/mol. The SMILES string of the molecule is Cc1cc(=O)n(-c2cccc(CF)n2)[nH]1. The molecule has 1 N–H and O–H groups in total. The van der Waals surface area contributed by atoms with Crippen LogP contribution in [-0.4, -0.2) is 14.8 Å². The van der Waals surface area contributed by atoms with Gasteiger partial charge in [0, 0.05) is 11.8 Å². The summed E-state index contributed by atoms with van der Waals surface area (Å²) in [7, 11) is 0. The van der Waals surface area contributed by atoms with Gasteiger partial charge in [0.1, 0.15) is 6.67 Å². The maximum absolute atomic E-state index is 12.4. The van der Waals surface area contributed by atoms with Crippen LogP contribution in [0.2, 0.25) is 0 Å². The predicted molar refractivity (Wildman–Crippen MR) is 53.7 cm³/mol. The van der Waals surface area contributed by atoms with E-state index in [1.54, 1.807) is 25.1 Å². The molecule has 0 aliphatic rings. The summed E-state index contributed by atoms with van der Waals surface area (Å²) < 4.78 is 13.7. The first-order chi connectivity index (χ1) is 7.20. The molecule has 0 aromatic carbocycles. The summed E-state index contributed by atoms with van der Waals surface area (Å²) in [5, 5.41) is 2.83. The van der Waals surface area contributed by atoms with Crippen molar-refractivity contribution in [1.29, 1.82) is 0 Å². The van der Waals surface area contributed by atoms with Gasteiger partial charge in [-0.2, -0.15) is 0 Å². The Morgan fingerprint density at radius 2 is 2.33 bits per heavy atom. The van der Waals surface area contributed by atoms with Crippen LogP contribution in [0.1, 0.15) is 11.4 Å². The second kappa shape index (κ2) is 3.68. The number of nitrogens with zero attached hydrogens (tertiary/aromatic N) is 2. The van der Waals surface area contributed by atoms with E-state index in [-0.39, 0.29) is 5.56 Å². The minimum atomic E-state index is -0.637. The van der Waals surface area contributed by atoms with E-state index >= 15 is 0 Å². The van der Waals surface area contributed by atoms with Gasteiger partial charge in [-0.15, -0.1) is 0 Å². The van der Waals surface area contributed by atoms with E-state index in [4.69, 9.17) is 0 Å². The van der Waals surface area contributed by atoms with Crippen molar-refractivity contribution in [3.63, 3.8) is 0 Å². The standard InChI is InChI=1S/C10H10FN3O/c1-7-5-10(15)14(13-7)9-4-2-3-8(6-11)12-9/h2-5,13H,6H2,1H3. The molecule has 2 aromatic heterocycles. The summed E-state index contributed by atoms with van der Waals surface area (Å²) in [5.41, 5.74) is 0.857. The van der Waals surface area contributed by atoms with Crippen LogP contribution in [0, 0.1) is 6.92 Å². The third-order valence-corrected chi connectivity index (χ3v) is 2.01. The molecule has 0 fully saturated rings. The number of H-pyrrole nitrogens is 1. The highest BCUT2D eigenvalue weighted by molar-refractivity contribution is 5.24. The van der Waals surface area contributed by atoms with Crippen molar-refractivity contribution < 1.29 is 4.39 Å². The summed E-state index contributed by atoms with van der Waals surface area (Å²) in [4.78, 5) is 15.4. The van der Waals surface area contributed by atoms with Gasteiger partial charge in [0.2, 0.25) is 0 Å². The van der Waals surface area contributed by atoms with Crippen molar-refractivity contribution in [3.05, 3.63) is 46.0 Å². The lowest BCUT2D eigenvalue weighted by molar-refractivity contribution is 0.475. The zero-order valence-corrected chi connectivity index (χ0v) is 8.20. The topological polar surface area (TPSA) is 50.7 Å². The second-order valence-electron chi connectivity index (χ2n) is 3.23. The Morgan fingerprint density at radius 1 is 1.53 bits per heavy atom. The summed E-state index contributed by atoms with van der Waals surface area (Å²) in [6, 6.07) is 6.35. The minimum absolute atomic E-state index is 0.198. The molecule has 2 aromatic rings.